The van der Waals surface area contributed by atoms with E-state index in [1.807, 2.05) is 18.9 Å². The summed E-state index contributed by atoms with van der Waals surface area (Å²) in [6.45, 7) is 4.82. The van der Waals surface area contributed by atoms with Crippen molar-refractivity contribution in [2.45, 2.75) is 26.2 Å². The average Bonchev–Trinajstić information content (AvgIpc) is 3.24. The largest absolute Gasteiger partial charge is 0.463 e. The maximum Gasteiger partial charge on any atom is 0.323 e. The number of anilines is 2. The number of nitrogens with two attached hydrogens (primary N) is 1. The molecule has 0 saturated heterocycles. The molecule has 7 nitrogen and oxygen atoms in total. The lowest BCUT2D eigenvalue weighted by molar-refractivity contribution is 0.130. The van der Waals surface area contributed by atoms with Crippen LogP contribution in [0.15, 0.2) is 0 Å². The van der Waals surface area contributed by atoms with Crippen molar-refractivity contribution in [3.63, 3.8) is 0 Å². The van der Waals surface area contributed by atoms with Crippen LogP contribution in [-0.4, -0.2) is 48.4 Å². The summed E-state index contributed by atoms with van der Waals surface area (Å²) in [5, 5.41) is 0. The van der Waals surface area contributed by atoms with E-state index in [-0.39, 0.29) is 12.0 Å². The van der Waals surface area contributed by atoms with Gasteiger partial charge in [0.1, 0.15) is 0 Å². The molecule has 0 radical (unpaired) electrons. The van der Waals surface area contributed by atoms with Gasteiger partial charge in [-0.1, -0.05) is 6.92 Å². The Bertz CT molecular complexity index is 425. The number of nitrogens with zero attached hydrogens (tertiary/aromatic N) is 4. The average molecular weight is 281 g/mol. The molecule has 1 aromatic heterocycles. The minimum absolute atomic E-state index is 0.173. The van der Waals surface area contributed by atoms with Crippen LogP contribution in [0.25, 0.3) is 0 Å². The molecule has 1 heterocycles. The summed E-state index contributed by atoms with van der Waals surface area (Å²) in [5.41, 5.74) is 5.67. The molecule has 112 valence electrons. The molecule has 2 rings (SSSR count). The molecule has 2 N–H and O–H groups in total. The molecule has 1 aliphatic rings. The van der Waals surface area contributed by atoms with Gasteiger partial charge in [-0.05, 0) is 25.2 Å². The van der Waals surface area contributed by atoms with Crippen LogP contribution in [-0.2, 0) is 4.74 Å². The molecule has 20 heavy (non-hydrogen) atoms. The van der Waals surface area contributed by atoms with Crippen molar-refractivity contribution in [3.8, 4) is 6.01 Å². The van der Waals surface area contributed by atoms with Gasteiger partial charge in [0.25, 0.3) is 0 Å². The summed E-state index contributed by atoms with van der Waals surface area (Å²) in [5.74, 6) is 1.47. The van der Waals surface area contributed by atoms with Crippen LogP contribution in [0, 0.1) is 5.92 Å². The minimum Gasteiger partial charge on any atom is -0.463 e. The lowest BCUT2D eigenvalue weighted by Crippen LogP contribution is -2.25. The van der Waals surface area contributed by atoms with Crippen LogP contribution >= 0.6 is 0 Å². The standard InChI is InChI=1S/C13H23N5O2/c1-3-7-20-13-16-11(14)15-12(17-13)18(2)6-8-19-9-10-4-5-10/h10H,3-9H2,1-2H3,(H2,14,15,16,17). The third kappa shape index (κ3) is 4.80. The fourth-order valence-corrected chi connectivity index (χ4v) is 1.63. The molecular formula is C13H23N5O2. The van der Waals surface area contributed by atoms with E-state index in [2.05, 4.69) is 15.0 Å². The van der Waals surface area contributed by atoms with E-state index in [1.165, 1.54) is 12.8 Å². The first kappa shape index (κ1) is 14.8. The van der Waals surface area contributed by atoms with Gasteiger partial charge in [-0.25, -0.2) is 0 Å². The monoisotopic (exact) mass is 281 g/mol. The Balaban J connectivity index is 1.83. The van der Waals surface area contributed by atoms with E-state index in [0.717, 1.165) is 18.9 Å². The zero-order valence-corrected chi connectivity index (χ0v) is 12.2. The molecule has 0 unspecified atom stereocenters. The summed E-state index contributed by atoms with van der Waals surface area (Å²) < 4.78 is 11.0. The van der Waals surface area contributed by atoms with Crippen molar-refractivity contribution in [2.75, 3.05) is 44.0 Å². The molecule has 1 aliphatic carbocycles. The molecule has 7 heteroatoms. The van der Waals surface area contributed by atoms with E-state index < -0.39 is 0 Å². The Hall–Kier alpha value is -1.63. The first-order chi connectivity index (χ1) is 9.69. The second-order valence-corrected chi connectivity index (χ2v) is 5.06. The highest BCUT2D eigenvalue weighted by Crippen LogP contribution is 2.28. The molecule has 1 saturated carbocycles. The maximum atomic E-state index is 5.67. The zero-order valence-electron chi connectivity index (χ0n) is 12.2. The van der Waals surface area contributed by atoms with Crippen molar-refractivity contribution in [2.24, 2.45) is 5.92 Å². The van der Waals surface area contributed by atoms with Gasteiger partial charge < -0.3 is 20.1 Å². The number of nitrogen functional groups attached to an aromatic ring is 1. The third-order valence-corrected chi connectivity index (χ3v) is 3.02. The molecule has 1 aromatic rings. The first-order valence-corrected chi connectivity index (χ1v) is 7.12. The van der Waals surface area contributed by atoms with Gasteiger partial charge in [0.15, 0.2) is 0 Å². The Morgan fingerprint density at radius 2 is 2.05 bits per heavy atom. The Labute approximate surface area is 119 Å². The summed E-state index contributed by atoms with van der Waals surface area (Å²) in [7, 11) is 1.90. The second-order valence-electron chi connectivity index (χ2n) is 5.06. The summed E-state index contributed by atoms with van der Waals surface area (Å²) >= 11 is 0. The fourth-order valence-electron chi connectivity index (χ4n) is 1.63. The van der Waals surface area contributed by atoms with Gasteiger partial charge in [-0.2, -0.15) is 15.0 Å². The molecule has 0 bridgehead atoms. The lowest BCUT2D eigenvalue weighted by Gasteiger charge is -2.17. The van der Waals surface area contributed by atoms with Crippen LogP contribution in [0.1, 0.15) is 26.2 Å². The highest BCUT2D eigenvalue weighted by atomic mass is 16.5. The zero-order chi connectivity index (χ0) is 14.4. The molecule has 0 spiro atoms. The summed E-state index contributed by atoms with van der Waals surface area (Å²) in [6.07, 6.45) is 3.50. The van der Waals surface area contributed by atoms with Crippen molar-refractivity contribution < 1.29 is 9.47 Å². The van der Waals surface area contributed by atoms with Gasteiger partial charge in [0.2, 0.25) is 11.9 Å². The SMILES string of the molecule is CCCOc1nc(N)nc(N(C)CCOCC2CC2)n1. The van der Waals surface area contributed by atoms with Crippen molar-refractivity contribution >= 4 is 11.9 Å². The minimum atomic E-state index is 0.173. The van der Waals surface area contributed by atoms with Crippen molar-refractivity contribution in [3.05, 3.63) is 0 Å². The van der Waals surface area contributed by atoms with E-state index >= 15 is 0 Å². The Morgan fingerprint density at radius 3 is 2.75 bits per heavy atom. The number of ether oxygens (including phenoxy) is 2. The highest BCUT2D eigenvalue weighted by Gasteiger charge is 2.21. The molecule has 1 fully saturated rings. The highest BCUT2D eigenvalue weighted by molar-refractivity contribution is 5.34. The molecule has 0 aliphatic heterocycles. The van der Waals surface area contributed by atoms with Crippen LogP contribution in [0.5, 0.6) is 6.01 Å². The van der Waals surface area contributed by atoms with E-state index in [0.29, 0.717) is 25.7 Å². The van der Waals surface area contributed by atoms with Gasteiger partial charge in [-0.3, -0.25) is 0 Å². The number of aromatic nitrogens is 3. The van der Waals surface area contributed by atoms with Crippen LogP contribution in [0.2, 0.25) is 0 Å². The molecule has 0 atom stereocenters. The van der Waals surface area contributed by atoms with Gasteiger partial charge in [0, 0.05) is 20.2 Å². The smallest absolute Gasteiger partial charge is 0.323 e. The normalized spacial score (nSPS) is 14.3. The molecule has 0 aromatic carbocycles. The van der Waals surface area contributed by atoms with Crippen molar-refractivity contribution in [1.82, 2.24) is 15.0 Å². The molecule has 0 amide bonds. The number of likely N-dealkylation sites (N-methyl/N-ethyl adjacent to an activating group) is 1. The van der Waals surface area contributed by atoms with E-state index in [4.69, 9.17) is 15.2 Å². The number of rotatable bonds is 9. The maximum absolute atomic E-state index is 5.67. The quantitative estimate of drug-likeness (QED) is 0.678. The number of hydrogen-bond acceptors (Lipinski definition) is 7. The second kappa shape index (κ2) is 7.23. The van der Waals surface area contributed by atoms with E-state index in [9.17, 15) is 0 Å². The Morgan fingerprint density at radius 1 is 1.25 bits per heavy atom. The van der Waals surface area contributed by atoms with Crippen LogP contribution < -0.4 is 15.4 Å². The first-order valence-electron chi connectivity index (χ1n) is 7.12. The van der Waals surface area contributed by atoms with Gasteiger partial charge >= 0.3 is 6.01 Å². The summed E-state index contributed by atoms with van der Waals surface area (Å²) in [6, 6.07) is 0.278. The predicted molar refractivity (Wildman–Crippen MR) is 76.8 cm³/mol. The van der Waals surface area contributed by atoms with E-state index in [1.54, 1.807) is 0 Å². The predicted octanol–water partition coefficient (Wildman–Crippen LogP) is 1.11. The van der Waals surface area contributed by atoms with Crippen LogP contribution in [0.4, 0.5) is 11.9 Å². The van der Waals surface area contributed by atoms with Gasteiger partial charge in [0.05, 0.1) is 13.2 Å². The lowest BCUT2D eigenvalue weighted by atomic mass is 10.5. The Kier molecular flexibility index (Phi) is 5.34. The topological polar surface area (TPSA) is 86.4 Å². The van der Waals surface area contributed by atoms with Gasteiger partial charge in [-0.15, -0.1) is 0 Å². The third-order valence-electron chi connectivity index (χ3n) is 3.02. The fraction of sp³-hybridized carbons (Fsp3) is 0.769. The molecular weight excluding hydrogens is 258 g/mol. The van der Waals surface area contributed by atoms with Crippen molar-refractivity contribution in [1.29, 1.82) is 0 Å². The number of hydrogen-bond donors (Lipinski definition) is 1. The van der Waals surface area contributed by atoms with Crippen LogP contribution in [0.3, 0.4) is 0 Å². The summed E-state index contributed by atoms with van der Waals surface area (Å²) in [4.78, 5) is 14.2.